The highest BCUT2D eigenvalue weighted by Crippen LogP contribution is 2.21. The van der Waals surface area contributed by atoms with E-state index in [4.69, 9.17) is 4.42 Å². The van der Waals surface area contributed by atoms with Crippen molar-refractivity contribution in [1.82, 2.24) is 5.32 Å². The van der Waals surface area contributed by atoms with Gasteiger partial charge in [-0.1, -0.05) is 19.1 Å². The molecule has 0 bridgehead atoms. The summed E-state index contributed by atoms with van der Waals surface area (Å²) in [7, 11) is 0. The first kappa shape index (κ1) is 14.6. The van der Waals surface area contributed by atoms with Gasteiger partial charge in [0.15, 0.2) is 0 Å². The van der Waals surface area contributed by atoms with Crippen molar-refractivity contribution in [3.05, 3.63) is 53.7 Å². The largest absolute Gasteiger partial charge is 0.467 e. The summed E-state index contributed by atoms with van der Waals surface area (Å²) in [5.74, 6) is 0.650. The summed E-state index contributed by atoms with van der Waals surface area (Å²) in [5.41, 5.74) is 1.73. The molecule has 0 atom stereocenters. The molecular formula is C16H21FN2O. The average Bonchev–Trinajstić information content (AvgIpc) is 2.91. The zero-order valence-electron chi connectivity index (χ0n) is 12.0. The molecule has 0 aliphatic heterocycles. The fourth-order valence-corrected chi connectivity index (χ4v) is 2.13. The van der Waals surface area contributed by atoms with Crippen molar-refractivity contribution in [2.75, 3.05) is 18.0 Å². The Morgan fingerprint density at radius 3 is 2.75 bits per heavy atom. The van der Waals surface area contributed by atoms with Gasteiger partial charge >= 0.3 is 0 Å². The van der Waals surface area contributed by atoms with E-state index in [1.807, 2.05) is 24.0 Å². The first-order valence-electron chi connectivity index (χ1n) is 7.01. The van der Waals surface area contributed by atoms with Crippen LogP contribution in [-0.2, 0) is 13.1 Å². The Bertz CT molecular complexity index is 539. The molecule has 0 saturated heterocycles. The number of hydrogen-bond acceptors (Lipinski definition) is 3. The molecule has 0 aliphatic rings. The summed E-state index contributed by atoms with van der Waals surface area (Å²) in [6.45, 7) is 7.10. The fraction of sp³-hybridized carbons (Fsp3) is 0.375. The minimum absolute atomic E-state index is 0.200. The second kappa shape index (κ2) is 7.10. The lowest BCUT2D eigenvalue weighted by atomic mass is 10.2. The molecule has 0 saturated carbocycles. The van der Waals surface area contributed by atoms with E-state index >= 15 is 0 Å². The molecule has 4 heteroatoms. The van der Waals surface area contributed by atoms with Gasteiger partial charge < -0.3 is 14.6 Å². The number of rotatable bonds is 7. The molecule has 2 rings (SSSR count). The maximum atomic E-state index is 13.8. The van der Waals surface area contributed by atoms with Crippen LogP contribution in [0.3, 0.4) is 0 Å². The van der Waals surface area contributed by atoms with E-state index in [1.165, 1.54) is 6.07 Å². The molecular weight excluding hydrogens is 255 g/mol. The number of anilines is 1. The van der Waals surface area contributed by atoms with Crippen molar-refractivity contribution >= 4 is 5.69 Å². The highest BCUT2D eigenvalue weighted by molar-refractivity contribution is 5.47. The minimum atomic E-state index is -0.200. The van der Waals surface area contributed by atoms with Gasteiger partial charge in [-0.05, 0) is 31.7 Å². The molecule has 3 nitrogen and oxygen atoms in total. The molecule has 0 aliphatic carbocycles. The third kappa shape index (κ3) is 3.61. The van der Waals surface area contributed by atoms with Crippen LogP contribution in [0.15, 0.2) is 41.0 Å². The number of furan rings is 1. The topological polar surface area (TPSA) is 28.4 Å². The summed E-state index contributed by atoms with van der Waals surface area (Å²) >= 11 is 0. The Balaban J connectivity index is 2.07. The van der Waals surface area contributed by atoms with Crippen LogP contribution >= 0.6 is 0 Å². The van der Waals surface area contributed by atoms with E-state index in [-0.39, 0.29) is 5.82 Å². The maximum absolute atomic E-state index is 13.8. The summed E-state index contributed by atoms with van der Waals surface area (Å²) in [5, 5.41) is 3.25. The third-order valence-corrected chi connectivity index (χ3v) is 3.21. The molecule has 0 fully saturated rings. The lowest BCUT2D eigenvalue weighted by molar-refractivity contribution is 0.498. The second-order valence-corrected chi connectivity index (χ2v) is 4.67. The first-order valence-corrected chi connectivity index (χ1v) is 7.01. The average molecular weight is 276 g/mol. The predicted octanol–water partition coefficient (Wildman–Crippen LogP) is 3.55. The predicted molar refractivity (Wildman–Crippen MR) is 79.2 cm³/mol. The Labute approximate surface area is 119 Å². The highest BCUT2D eigenvalue weighted by Gasteiger charge is 2.12. The van der Waals surface area contributed by atoms with Gasteiger partial charge in [0.2, 0.25) is 0 Å². The summed E-state index contributed by atoms with van der Waals surface area (Å²) in [4.78, 5) is 1.96. The lowest BCUT2D eigenvalue weighted by Gasteiger charge is -2.22. The number of nitrogens with one attached hydrogen (secondary N) is 1. The normalized spacial score (nSPS) is 10.8. The summed E-state index contributed by atoms with van der Waals surface area (Å²) in [6.07, 6.45) is 1.76. The Hall–Kier alpha value is -1.81. The van der Waals surface area contributed by atoms with Crippen LogP contribution in [0.25, 0.3) is 0 Å². The molecule has 0 unspecified atom stereocenters. The number of benzene rings is 1. The van der Waals surface area contributed by atoms with Crippen molar-refractivity contribution in [3.63, 3.8) is 0 Å². The van der Waals surface area contributed by atoms with Gasteiger partial charge in [0.25, 0.3) is 0 Å². The monoisotopic (exact) mass is 276 g/mol. The van der Waals surface area contributed by atoms with Crippen LogP contribution in [0.5, 0.6) is 0 Å². The molecule has 0 spiro atoms. The first-order chi connectivity index (χ1) is 9.74. The van der Waals surface area contributed by atoms with Crippen molar-refractivity contribution < 1.29 is 8.81 Å². The van der Waals surface area contributed by atoms with Gasteiger partial charge in [-0.2, -0.15) is 0 Å². The second-order valence-electron chi connectivity index (χ2n) is 4.67. The van der Waals surface area contributed by atoms with Gasteiger partial charge in [-0.25, -0.2) is 4.39 Å². The molecule has 0 amide bonds. The van der Waals surface area contributed by atoms with Crippen LogP contribution in [0.1, 0.15) is 25.2 Å². The SMILES string of the molecule is CCNCc1coc(CN(CC)c2ccccc2F)c1. The molecule has 1 N–H and O–H groups in total. The molecule has 20 heavy (non-hydrogen) atoms. The summed E-state index contributed by atoms with van der Waals surface area (Å²) in [6, 6.07) is 8.85. The van der Waals surface area contributed by atoms with Crippen molar-refractivity contribution in [2.24, 2.45) is 0 Å². The molecule has 1 aromatic carbocycles. The smallest absolute Gasteiger partial charge is 0.146 e. The molecule has 2 aromatic rings. The Kier molecular flexibility index (Phi) is 5.18. The number of hydrogen-bond donors (Lipinski definition) is 1. The van der Waals surface area contributed by atoms with Crippen molar-refractivity contribution in [1.29, 1.82) is 0 Å². The van der Waals surface area contributed by atoms with Crippen LogP contribution < -0.4 is 10.2 Å². The van der Waals surface area contributed by atoms with Gasteiger partial charge in [-0.15, -0.1) is 0 Å². The molecule has 0 radical (unpaired) electrons. The maximum Gasteiger partial charge on any atom is 0.146 e. The van der Waals surface area contributed by atoms with Gasteiger partial charge in [0, 0.05) is 18.7 Å². The van der Waals surface area contributed by atoms with E-state index < -0.39 is 0 Å². The zero-order chi connectivity index (χ0) is 14.4. The van der Waals surface area contributed by atoms with Gasteiger partial charge in [-0.3, -0.25) is 0 Å². The van der Waals surface area contributed by atoms with Crippen molar-refractivity contribution in [3.8, 4) is 0 Å². The van der Waals surface area contributed by atoms with Crippen LogP contribution in [0.4, 0.5) is 10.1 Å². The van der Waals surface area contributed by atoms with Gasteiger partial charge in [0.1, 0.15) is 11.6 Å². The molecule has 1 heterocycles. The lowest BCUT2D eigenvalue weighted by Crippen LogP contribution is -2.22. The van der Waals surface area contributed by atoms with Crippen LogP contribution in [0, 0.1) is 5.82 Å². The van der Waals surface area contributed by atoms with E-state index in [0.29, 0.717) is 12.2 Å². The standard InChI is InChI=1S/C16H21FN2O/c1-3-18-10-13-9-14(20-12-13)11-19(4-2)16-8-6-5-7-15(16)17/h5-9,12,18H,3-4,10-11H2,1-2H3. The zero-order valence-corrected chi connectivity index (χ0v) is 12.0. The van der Waals surface area contributed by atoms with Crippen LogP contribution in [0.2, 0.25) is 0 Å². The third-order valence-electron chi connectivity index (χ3n) is 3.21. The van der Waals surface area contributed by atoms with E-state index in [1.54, 1.807) is 18.4 Å². The fourth-order valence-electron chi connectivity index (χ4n) is 2.13. The Morgan fingerprint density at radius 2 is 2.05 bits per heavy atom. The van der Waals surface area contributed by atoms with Crippen LogP contribution in [-0.4, -0.2) is 13.1 Å². The van der Waals surface area contributed by atoms with Gasteiger partial charge in [0.05, 0.1) is 18.5 Å². The summed E-state index contributed by atoms with van der Waals surface area (Å²) < 4.78 is 19.4. The van der Waals surface area contributed by atoms with Crippen molar-refractivity contribution in [2.45, 2.75) is 26.9 Å². The molecule has 1 aromatic heterocycles. The quantitative estimate of drug-likeness (QED) is 0.838. The highest BCUT2D eigenvalue weighted by atomic mass is 19.1. The van der Waals surface area contributed by atoms with E-state index in [0.717, 1.165) is 31.0 Å². The van der Waals surface area contributed by atoms with E-state index in [9.17, 15) is 4.39 Å². The van der Waals surface area contributed by atoms with E-state index in [2.05, 4.69) is 12.2 Å². The molecule has 108 valence electrons. The minimum Gasteiger partial charge on any atom is -0.467 e. The number of halogens is 1. The number of nitrogens with zero attached hydrogens (tertiary/aromatic N) is 1. The number of para-hydroxylation sites is 1. The Morgan fingerprint density at radius 1 is 1.25 bits per heavy atom.